The van der Waals surface area contributed by atoms with Crippen LogP contribution >= 0.6 is 15.9 Å². The molecule has 0 bridgehead atoms. The molecule has 2 aromatic rings. The Morgan fingerprint density at radius 3 is 2.69 bits per heavy atom. The van der Waals surface area contributed by atoms with Crippen LogP contribution < -0.4 is 9.47 Å². The van der Waals surface area contributed by atoms with Crippen LogP contribution in [0.3, 0.4) is 0 Å². The summed E-state index contributed by atoms with van der Waals surface area (Å²) in [5.41, 5.74) is -0.517. The number of likely N-dealkylation sites (tertiary alicyclic amines) is 1. The smallest absolute Gasteiger partial charge is 0.421 e. The van der Waals surface area contributed by atoms with Gasteiger partial charge in [0, 0.05) is 10.7 Å². The summed E-state index contributed by atoms with van der Waals surface area (Å²) < 4.78 is 49.9. The molecule has 1 amide bonds. The van der Waals surface area contributed by atoms with Gasteiger partial charge in [0.1, 0.15) is 17.4 Å². The molecule has 26 heavy (non-hydrogen) atoms. The minimum atomic E-state index is -4.55. The second-order valence-corrected chi connectivity index (χ2v) is 6.50. The average molecular weight is 431 g/mol. The topological polar surface area (TPSA) is 51.7 Å². The van der Waals surface area contributed by atoms with Crippen molar-refractivity contribution in [3.8, 4) is 11.6 Å². The van der Waals surface area contributed by atoms with Crippen LogP contribution in [0, 0.1) is 0 Å². The van der Waals surface area contributed by atoms with E-state index >= 15 is 0 Å². The SMILES string of the molecule is COc1ccc(Br)c(C(=O)N2CC(Oc3ncccc3C(F)(F)F)C2)c1. The molecule has 0 saturated carbocycles. The zero-order chi connectivity index (χ0) is 18.9. The fraction of sp³-hybridized carbons (Fsp3) is 0.294. The Balaban J connectivity index is 1.66. The van der Waals surface area contributed by atoms with Crippen LogP contribution in [-0.2, 0) is 6.18 Å². The van der Waals surface area contributed by atoms with E-state index in [1.54, 1.807) is 18.2 Å². The Morgan fingerprint density at radius 1 is 1.31 bits per heavy atom. The number of hydrogen-bond donors (Lipinski definition) is 0. The highest BCUT2D eigenvalue weighted by molar-refractivity contribution is 9.10. The van der Waals surface area contributed by atoms with Gasteiger partial charge in [-0.05, 0) is 46.3 Å². The predicted octanol–water partition coefficient (Wildman–Crippen LogP) is 3.77. The van der Waals surface area contributed by atoms with Gasteiger partial charge >= 0.3 is 6.18 Å². The maximum Gasteiger partial charge on any atom is 0.421 e. The molecule has 138 valence electrons. The lowest BCUT2D eigenvalue weighted by Gasteiger charge is -2.39. The normalized spacial score (nSPS) is 14.7. The van der Waals surface area contributed by atoms with Gasteiger partial charge < -0.3 is 14.4 Å². The molecule has 2 heterocycles. The predicted molar refractivity (Wildman–Crippen MR) is 90.3 cm³/mol. The first-order valence-electron chi connectivity index (χ1n) is 7.61. The summed E-state index contributed by atoms with van der Waals surface area (Å²) in [7, 11) is 1.50. The Morgan fingerprint density at radius 2 is 2.04 bits per heavy atom. The van der Waals surface area contributed by atoms with Crippen LogP contribution in [0.15, 0.2) is 41.0 Å². The average Bonchev–Trinajstić information content (AvgIpc) is 2.57. The van der Waals surface area contributed by atoms with Crippen molar-refractivity contribution in [2.24, 2.45) is 0 Å². The van der Waals surface area contributed by atoms with Gasteiger partial charge in [-0.15, -0.1) is 0 Å². The lowest BCUT2D eigenvalue weighted by Crippen LogP contribution is -2.56. The van der Waals surface area contributed by atoms with Gasteiger partial charge in [-0.3, -0.25) is 4.79 Å². The number of methoxy groups -OCH3 is 1. The molecule has 0 unspecified atom stereocenters. The summed E-state index contributed by atoms with van der Waals surface area (Å²) >= 11 is 3.31. The van der Waals surface area contributed by atoms with E-state index < -0.39 is 23.7 Å². The number of aromatic nitrogens is 1. The molecule has 0 N–H and O–H groups in total. The summed E-state index contributed by atoms with van der Waals surface area (Å²) in [4.78, 5) is 17.7. The van der Waals surface area contributed by atoms with E-state index in [0.29, 0.717) is 15.8 Å². The number of amides is 1. The van der Waals surface area contributed by atoms with Crippen molar-refractivity contribution >= 4 is 21.8 Å². The molecule has 1 aromatic heterocycles. The number of nitrogens with zero attached hydrogens (tertiary/aromatic N) is 2. The van der Waals surface area contributed by atoms with Crippen LogP contribution in [0.25, 0.3) is 0 Å². The summed E-state index contributed by atoms with van der Waals surface area (Å²) in [6, 6.07) is 7.12. The quantitative estimate of drug-likeness (QED) is 0.740. The summed E-state index contributed by atoms with van der Waals surface area (Å²) in [5, 5.41) is 0. The van der Waals surface area contributed by atoms with E-state index in [2.05, 4.69) is 20.9 Å². The van der Waals surface area contributed by atoms with Crippen molar-refractivity contribution in [3.63, 3.8) is 0 Å². The second-order valence-electron chi connectivity index (χ2n) is 5.65. The van der Waals surface area contributed by atoms with Crippen molar-refractivity contribution in [2.45, 2.75) is 12.3 Å². The Kier molecular flexibility index (Phi) is 5.08. The van der Waals surface area contributed by atoms with Crippen LogP contribution in [0.4, 0.5) is 13.2 Å². The summed E-state index contributed by atoms with van der Waals surface area (Å²) in [6.07, 6.45) is -3.85. The van der Waals surface area contributed by atoms with Gasteiger partial charge in [0.05, 0.1) is 25.8 Å². The number of pyridine rings is 1. The lowest BCUT2D eigenvalue weighted by molar-refractivity contribution is -0.140. The highest BCUT2D eigenvalue weighted by atomic mass is 79.9. The molecule has 3 rings (SSSR count). The monoisotopic (exact) mass is 430 g/mol. The fourth-order valence-electron chi connectivity index (χ4n) is 2.50. The van der Waals surface area contributed by atoms with Crippen molar-refractivity contribution in [1.29, 1.82) is 0 Å². The van der Waals surface area contributed by atoms with E-state index in [0.717, 1.165) is 6.07 Å². The van der Waals surface area contributed by atoms with Crippen LogP contribution in [-0.4, -0.2) is 42.1 Å². The van der Waals surface area contributed by atoms with E-state index in [9.17, 15) is 18.0 Å². The third-order valence-electron chi connectivity index (χ3n) is 3.89. The summed E-state index contributed by atoms with van der Waals surface area (Å²) in [5.74, 6) is -0.194. The number of carbonyl (C=O) groups excluding carboxylic acids is 1. The molecule has 0 spiro atoms. The van der Waals surface area contributed by atoms with Gasteiger partial charge in [0.25, 0.3) is 5.91 Å². The maximum absolute atomic E-state index is 13.0. The minimum absolute atomic E-state index is 0.177. The van der Waals surface area contributed by atoms with Gasteiger partial charge in [-0.2, -0.15) is 13.2 Å². The largest absolute Gasteiger partial charge is 0.497 e. The van der Waals surface area contributed by atoms with E-state index in [-0.39, 0.29) is 19.0 Å². The first-order valence-corrected chi connectivity index (χ1v) is 8.40. The van der Waals surface area contributed by atoms with E-state index in [1.165, 1.54) is 24.3 Å². The minimum Gasteiger partial charge on any atom is -0.497 e. The standard InChI is InChI=1S/C17H14BrF3N2O3/c1-25-10-4-5-14(18)12(7-10)16(24)23-8-11(9-23)26-15-13(17(19,20)21)3-2-6-22-15/h2-7,11H,8-9H2,1H3. The van der Waals surface area contributed by atoms with Crippen molar-refractivity contribution in [2.75, 3.05) is 20.2 Å². The maximum atomic E-state index is 13.0. The number of rotatable bonds is 4. The molecular weight excluding hydrogens is 417 g/mol. The molecule has 1 aliphatic heterocycles. The highest BCUT2D eigenvalue weighted by Crippen LogP contribution is 2.35. The van der Waals surface area contributed by atoms with Crippen molar-refractivity contribution < 1.29 is 27.4 Å². The van der Waals surface area contributed by atoms with E-state index in [1.807, 2.05) is 0 Å². The molecule has 5 nitrogen and oxygen atoms in total. The molecular formula is C17H14BrF3N2O3. The molecule has 9 heteroatoms. The molecule has 1 aromatic carbocycles. The van der Waals surface area contributed by atoms with Crippen LogP contribution in [0.5, 0.6) is 11.6 Å². The van der Waals surface area contributed by atoms with Gasteiger partial charge in [0.15, 0.2) is 0 Å². The summed E-state index contributed by atoms with van der Waals surface area (Å²) in [6.45, 7) is 0.354. The molecule has 1 saturated heterocycles. The highest BCUT2D eigenvalue weighted by Gasteiger charge is 2.38. The third kappa shape index (κ3) is 3.77. The third-order valence-corrected chi connectivity index (χ3v) is 4.59. The number of ether oxygens (including phenoxy) is 2. The Labute approximate surface area is 155 Å². The lowest BCUT2D eigenvalue weighted by atomic mass is 10.1. The zero-order valence-electron chi connectivity index (χ0n) is 13.6. The molecule has 1 aliphatic rings. The van der Waals surface area contributed by atoms with Gasteiger partial charge in [0.2, 0.25) is 5.88 Å². The number of alkyl halides is 3. The number of benzene rings is 1. The van der Waals surface area contributed by atoms with Crippen LogP contribution in [0.2, 0.25) is 0 Å². The zero-order valence-corrected chi connectivity index (χ0v) is 15.2. The fourth-order valence-corrected chi connectivity index (χ4v) is 2.92. The van der Waals surface area contributed by atoms with Gasteiger partial charge in [-0.25, -0.2) is 4.98 Å². The molecule has 0 radical (unpaired) electrons. The Hall–Kier alpha value is -2.29. The van der Waals surface area contributed by atoms with Crippen molar-refractivity contribution in [1.82, 2.24) is 9.88 Å². The van der Waals surface area contributed by atoms with Gasteiger partial charge in [-0.1, -0.05) is 0 Å². The number of hydrogen-bond acceptors (Lipinski definition) is 4. The second kappa shape index (κ2) is 7.14. The van der Waals surface area contributed by atoms with E-state index in [4.69, 9.17) is 9.47 Å². The van der Waals surface area contributed by atoms with Crippen LogP contribution in [0.1, 0.15) is 15.9 Å². The molecule has 1 fully saturated rings. The number of halogens is 4. The number of carbonyl (C=O) groups is 1. The first kappa shape index (κ1) is 18.5. The molecule has 0 atom stereocenters. The van der Waals surface area contributed by atoms with Crippen molar-refractivity contribution in [3.05, 3.63) is 52.1 Å². The molecule has 0 aliphatic carbocycles. The first-order chi connectivity index (χ1) is 12.3. The Bertz CT molecular complexity index is 823.